The predicted molar refractivity (Wildman–Crippen MR) is 120 cm³/mol. The number of carbonyl (C=O) groups is 1. The van der Waals surface area contributed by atoms with E-state index in [0.29, 0.717) is 12.0 Å². The average molecular weight is 503 g/mol. The lowest BCUT2D eigenvalue weighted by Gasteiger charge is -2.37. The zero-order valence-corrected chi connectivity index (χ0v) is 19.0. The third-order valence-electron chi connectivity index (χ3n) is 4.31. The van der Waals surface area contributed by atoms with Crippen LogP contribution < -0.4 is 0 Å². The Balaban J connectivity index is 0.000000209. The van der Waals surface area contributed by atoms with Gasteiger partial charge in [-0.2, -0.15) is 0 Å². The maximum Gasteiger partial charge on any atom is 0.335 e. The highest BCUT2D eigenvalue weighted by Gasteiger charge is 2.46. The Morgan fingerprint density at radius 3 is 1.50 bits per heavy atom. The number of carboxylic acid groups (broad SMARTS) is 1. The Hall–Kier alpha value is -0.350. The van der Waals surface area contributed by atoms with Gasteiger partial charge in [-0.3, -0.25) is 0 Å². The van der Waals surface area contributed by atoms with E-state index in [2.05, 4.69) is 0 Å². The van der Waals surface area contributed by atoms with Crippen LogP contribution in [0.15, 0.2) is 54.6 Å². The highest BCUT2D eigenvalue weighted by molar-refractivity contribution is 6.45. The molecule has 0 spiro atoms. The number of aromatic carboxylic acids is 1. The summed E-state index contributed by atoms with van der Waals surface area (Å²) in [4.78, 5) is 11.0. The third kappa shape index (κ3) is 6.08. The molecule has 2 aromatic carbocycles. The Bertz CT molecular complexity index is 714. The number of carboxylic acids is 1. The number of alkyl halides is 6. The van der Waals surface area contributed by atoms with Gasteiger partial charge in [-0.05, 0) is 23.6 Å². The Kier molecular flexibility index (Phi) is 9.53. The minimum absolute atomic E-state index is 0.381. The van der Waals surface area contributed by atoms with Crippen LogP contribution in [0, 0.1) is 0 Å². The van der Waals surface area contributed by atoms with E-state index in [0.717, 1.165) is 11.1 Å². The summed E-state index contributed by atoms with van der Waals surface area (Å²) < 4.78 is 0. The fourth-order valence-corrected chi connectivity index (χ4v) is 5.08. The molecule has 0 heterocycles. The maximum atomic E-state index is 11.0. The number of benzene rings is 2. The standard InChI is InChI=1S/C14H12O2.C6H6Cl6/c15-14(16)13-9-5-4-8-12(13)10-11-6-2-1-3-7-11;7-1-2(8)4(10)6(12)5(11)3(1)9/h1-9H,10H2,(H,15,16);1-6H. The lowest BCUT2D eigenvalue weighted by molar-refractivity contribution is 0.0696. The quantitative estimate of drug-likeness (QED) is 0.479. The van der Waals surface area contributed by atoms with Crippen LogP contribution in [-0.2, 0) is 6.42 Å². The van der Waals surface area contributed by atoms with Gasteiger partial charge in [-0.1, -0.05) is 48.5 Å². The second-order valence-electron chi connectivity index (χ2n) is 6.29. The van der Waals surface area contributed by atoms with Crippen molar-refractivity contribution in [3.63, 3.8) is 0 Å². The van der Waals surface area contributed by atoms with Crippen LogP contribution in [-0.4, -0.2) is 43.3 Å². The zero-order chi connectivity index (χ0) is 20.8. The minimum Gasteiger partial charge on any atom is -0.478 e. The highest BCUT2D eigenvalue weighted by atomic mass is 35.5. The monoisotopic (exact) mass is 500 g/mol. The molecule has 0 unspecified atom stereocenters. The summed E-state index contributed by atoms with van der Waals surface area (Å²) in [6, 6.07) is 17.0. The summed E-state index contributed by atoms with van der Waals surface area (Å²) in [5, 5.41) is 6.42. The van der Waals surface area contributed by atoms with Gasteiger partial charge < -0.3 is 5.11 Å². The summed E-state index contributed by atoms with van der Waals surface area (Å²) >= 11 is 35.3. The largest absolute Gasteiger partial charge is 0.478 e. The lowest BCUT2D eigenvalue weighted by Crippen LogP contribution is -2.52. The molecule has 0 bridgehead atoms. The van der Waals surface area contributed by atoms with Crippen molar-refractivity contribution >= 4 is 75.6 Å². The fourth-order valence-electron chi connectivity index (χ4n) is 2.75. The van der Waals surface area contributed by atoms with Crippen molar-refractivity contribution in [3.05, 3.63) is 71.3 Å². The molecule has 0 aromatic heterocycles. The van der Waals surface area contributed by atoms with Gasteiger partial charge in [0.25, 0.3) is 0 Å². The van der Waals surface area contributed by atoms with Gasteiger partial charge >= 0.3 is 5.97 Å². The van der Waals surface area contributed by atoms with Crippen molar-refractivity contribution < 1.29 is 9.90 Å². The van der Waals surface area contributed by atoms with Gasteiger partial charge in [0.1, 0.15) is 0 Å². The first-order valence-electron chi connectivity index (χ1n) is 8.43. The summed E-state index contributed by atoms with van der Waals surface area (Å²) in [5.74, 6) is -0.869. The van der Waals surface area contributed by atoms with Crippen molar-refractivity contribution in [1.82, 2.24) is 0 Å². The molecule has 28 heavy (non-hydrogen) atoms. The molecule has 2 aromatic rings. The Labute approximate surface area is 194 Å². The number of halogens is 6. The molecule has 1 aliphatic rings. The van der Waals surface area contributed by atoms with E-state index in [1.807, 2.05) is 42.5 Å². The molecule has 3 rings (SSSR count). The van der Waals surface area contributed by atoms with E-state index in [4.69, 9.17) is 74.7 Å². The smallest absolute Gasteiger partial charge is 0.335 e. The van der Waals surface area contributed by atoms with Gasteiger partial charge in [-0.15, -0.1) is 69.6 Å². The summed E-state index contributed by atoms with van der Waals surface area (Å²) in [6.45, 7) is 0. The van der Waals surface area contributed by atoms with Gasteiger partial charge in [0.2, 0.25) is 0 Å². The molecule has 1 aliphatic carbocycles. The molecule has 2 nitrogen and oxygen atoms in total. The Morgan fingerprint density at radius 1 is 0.679 bits per heavy atom. The molecule has 1 N–H and O–H groups in total. The zero-order valence-electron chi connectivity index (χ0n) is 14.5. The van der Waals surface area contributed by atoms with Gasteiger partial charge in [0.15, 0.2) is 0 Å². The normalized spacial score (nSPS) is 29.5. The van der Waals surface area contributed by atoms with E-state index >= 15 is 0 Å². The van der Waals surface area contributed by atoms with Crippen molar-refractivity contribution in [3.8, 4) is 0 Å². The van der Waals surface area contributed by atoms with Crippen LogP contribution in [0.5, 0.6) is 0 Å². The average Bonchev–Trinajstić information content (AvgIpc) is 2.71. The van der Waals surface area contributed by atoms with Crippen LogP contribution in [0.3, 0.4) is 0 Å². The molecule has 0 amide bonds. The molecule has 1 saturated carbocycles. The van der Waals surface area contributed by atoms with Gasteiger partial charge in [0, 0.05) is 0 Å². The maximum absolute atomic E-state index is 11.0. The second-order valence-corrected chi connectivity index (χ2v) is 9.31. The summed E-state index contributed by atoms with van der Waals surface area (Å²) in [5.41, 5.74) is 2.35. The predicted octanol–water partition coefficient (Wildman–Crippen LogP) is 6.62. The van der Waals surface area contributed by atoms with E-state index in [1.165, 1.54) is 0 Å². The van der Waals surface area contributed by atoms with Crippen LogP contribution in [0.4, 0.5) is 0 Å². The molecule has 1 fully saturated rings. The first kappa shape index (κ1) is 23.9. The number of rotatable bonds is 3. The van der Waals surface area contributed by atoms with E-state index in [9.17, 15) is 4.79 Å². The van der Waals surface area contributed by atoms with Gasteiger partial charge in [0.05, 0.1) is 37.8 Å². The van der Waals surface area contributed by atoms with Crippen LogP contribution >= 0.6 is 69.6 Å². The lowest BCUT2D eigenvalue weighted by atomic mass is 9.97. The molecular formula is C20H18Cl6O2. The molecule has 0 saturated heterocycles. The molecule has 152 valence electrons. The minimum atomic E-state index is -0.869. The molecular weight excluding hydrogens is 485 g/mol. The highest BCUT2D eigenvalue weighted by Crippen LogP contribution is 2.39. The summed E-state index contributed by atoms with van der Waals surface area (Å²) in [6.07, 6.45) is 0.656. The molecule has 0 aliphatic heterocycles. The number of hydrogen-bond acceptors (Lipinski definition) is 1. The van der Waals surface area contributed by atoms with Crippen molar-refractivity contribution in [1.29, 1.82) is 0 Å². The van der Waals surface area contributed by atoms with Crippen LogP contribution in [0.2, 0.25) is 0 Å². The Morgan fingerprint density at radius 2 is 1.07 bits per heavy atom. The van der Waals surface area contributed by atoms with E-state index in [-0.39, 0.29) is 0 Å². The molecule has 0 radical (unpaired) electrons. The van der Waals surface area contributed by atoms with Crippen molar-refractivity contribution in [2.24, 2.45) is 0 Å². The fraction of sp³-hybridized carbons (Fsp3) is 0.350. The summed E-state index contributed by atoms with van der Waals surface area (Å²) in [7, 11) is 0. The van der Waals surface area contributed by atoms with E-state index < -0.39 is 38.2 Å². The van der Waals surface area contributed by atoms with Crippen LogP contribution in [0.1, 0.15) is 21.5 Å². The van der Waals surface area contributed by atoms with Crippen LogP contribution in [0.25, 0.3) is 0 Å². The first-order chi connectivity index (χ1) is 13.2. The number of hydrogen-bond donors (Lipinski definition) is 1. The first-order valence-corrected chi connectivity index (χ1v) is 11.1. The van der Waals surface area contributed by atoms with Crippen molar-refractivity contribution in [2.45, 2.75) is 38.7 Å². The second kappa shape index (κ2) is 11.2. The van der Waals surface area contributed by atoms with Crippen molar-refractivity contribution in [2.75, 3.05) is 0 Å². The SMILES string of the molecule is ClC1C(Cl)C(Cl)C(Cl)C(Cl)C1Cl.O=C(O)c1ccccc1Cc1ccccc1. The molecule has 8 heteroatoms. The van der Waals surface area contributed by atoms with Gasteiger partial charge in [-0.25, -0.2) is 4.79 Å². The van der Waals surface area contributed by atoms with E-state index in [1.54, 1.807) is 12.1 Å². The molecule has 0 atom stereocenters. The third-order valence-corrected chi connectivity index (χ3v) is 8.34. The topological polar surface area (TPSA) is 37.3 Å².